The quantitative estimate of drug-likeness (QED) is 0.367. The molecule has 0 radical (unpaired) electrons. The van der Waals surface area contributed by atoms with Crippen molar-refractivity contribution in [2.75, 3.05) is 0 Å². The molecule has 0 bridgehead atoms. The van der Waals surface area contributed by atoms with E-state index in [9.17, 15) is 14.9 Å². The zero-order valence-electron chi connectivity index (χ0n) is 13.4. The second-order valence-corrected chi connectivity index (χ2v) is 5.46. The maximum Gasteiger partial charge on any atom is 0.363 e. The van der Waals surface area contributed by atoms with Gasteiger partial charge in [-0.3, -0.25) is 10.1 Å². The lowest BCUT2D eigenvalue weighted by molar-refractivity contribution is -0.384. The highest BCUT2D eigenvalue weighted by Crippen LogP contribution is 2.19. The summed E-state index contributed by atoms with van der Waals surface area (Å²) in [6, 6.07) is 13.7. The van der Waals surface area contributed by atoms with Crippen molar-refractivity contribution >= 4 is 29.7 Å². The summed E-state index contributed by atoms with van der Waals surface area (Å²) in [5.41, 5.74) is 2.90. The summed E-state index contributed by atoms with van der Waals surface area (Å²) in [5.74, 6) is -0.347. The molecule has 0 unspecified atom stereocenters. The number of hydrogen-bond donors (Lipinski definition) is 0. The van der Waals surface area contributed by atoms with Gasteiger partial charge in [-0.05, 0) is 42.3 Å². The molecule has 1 heterocycles. The first-order valence-corrected chi connectivity index (χ1v) is 7.53. The number of nitro groups is 1. The van der Waals surface area contributed by atoms with E-state index in [2.05, 4.69) is 4.99 Å². The van der Waals surface area contributed by atoms with E-state index < -0.39 is 10.9 Å². The van der Waals surface area contributed by atoms with Crippen LogP contribution in [0.1, 0.15) is 16.7 Å². The Bertz CT molecular complexity index is 907. The summed E-state index contributed by atoms with van der Waals surface area (Å²) in [6.07, 6.45) is 4.96. The third-order valence-electron chi connectivity index (χ3n) is 3.54. The summed E-state index contributed by atoms with van der Waals surface area (Å²) in [5, 5.41) is 10.6. The van der Waals surface area contributed by atoms with Crippen molar-refractivity contribution in [1.82, 2.24) is 0 Å². The molecular weight excluding hydrogens is 320 g/mol. The van der Waals surface area contributed by atoms with Crippen LogP contribution in [0.15, 0.2) is 65.3 Å². The summed E-state index contributed by atoms with van der Waals surface area (Å²) in [7, 11) is 0. The van der Waals surface area contributed by atoms with Crippen molar-refractivity contribution in [3.8, 4) is 0 Å². The second-order valence-electron chi connectivity index (χ2n) is 5.46. The molecule has 0 amide bonds. The summed E-state index contributed by atoms with van der Waals surface area (Å²) in [4.78, 5) is 26.2. The number of hydrogen-bond acceptors (Lipinski definition) is 5. The molecule has 0 spiro atoms. The number of ether oxygens (including phenoxy) is 1. The minimum atomic E-state index is -0.554. The van der Waals surface area contributed by atoms with Crippen molar-refractivity contribution in [3.63, 3.8) is 0 Å². The molecule has 0 saturated carbocycles. The molecular formula is C19H14N2O4. The zero-order chi connectivity index (χ0) is 17.8. The number of aryl methyl sites for hydroxylation is 1. The zero-order valence-corrected chi connectivity index (χ0v) is 13.4. The first-order valence-electron chi connectivity index (χ1n) is 7.53. The fraction of sp³-hybridized carbons (Fsp3) is 0.0526. The first kappa shape index (κ1) is 16.3. The Labute approximate surface area is 143 Å². The molecule has 0 fully saturated rings. The lowest BCUT2D eigenvalue weighted by Gasteiger charge is -1.95. The van der Waals surface area contributed by atoms with Crippen LogP contribution in [0.2, 0.25) is 0 Å². The Hall–Kier alpha value is -3.54. The Morgan fingerprint density at radius 1 is 1.00 bits per heavy atom. The Balaban J connectivity index is 1.77. The van der Waals surface area contributed by atoms with Crippen LogP contribution in [0.25, 0.3) is 12.2 Å². The van der Waals surface area contributed by atoms with Crippen LogP contribution < -0.4 is 0 Å². The second kappa shape index (κ2) is 6.92. The predicted molar refractivity (Wildman–Crippen MR) is 94.8 cm³/mol. The maximum absolute atomic E-state index is 11.9. The van der Waals surface area contributed by atoms with Crippen molar-refractivity contribution in [3.05, 3.63) is 87.1 Å². The largest absolute Gasteiger partial charge is 0.403 e. The third kappa shape index (κ3) is 4.06. The van der Waals surface area contributed by atoms with E-state index in [-0.39, 0.29) is 17.3 Å². The van der Waals surface area contributed by atoms with Crippen LogP contribution in [0, 0.1) is 17.0 Å². The van der Waals surface area contributed by atoms with Gasteiger partial charge in [0.05, 0.1) is 4.92 Å². The molecule has 0 aliphatic carbocycles. The molecule has 0 atom stereocenters. The predicted octanol–water partition coefficient (Wildman–Crippen LogP) is 3.91. The highest BCUT2D eigenvalue weighted by atomic mass is 16.6. The van der Waals surface area contributed by atoms with Crippen LogP contribution in [-0.4, -0.2) is 16.8 Å². The monoisotopic (exact) mass is 334 g/mol. The van der Waals surface area contributed by atoms with Crippen molar-refractivity contribution < 1.29 is 14.5 Å². The average Bonchev–Trinajstić information content (AvgIpc) is 2.94. The number of carbonyl (C=O) groups is 1. The summed E-state index contributed by atoms with van der Waals surface area (Å²) in [6.45, 7) is 2.01. The Morgan fingerprint density at radius 2 is 1.64 bits per heavy atom. The molecule has 0 N–H and O–H groups in total. The SMILES string of the molecule is Cc1ccc(/C=C/C2=NC(=C/c3ccc([N+](=O)[O-])cc3)/C(=O)O2)cc1. The number of non-ortho nitro benzene ring substituents is 1. The highest BCUT2D eigenvalue weighted by molar-refractivity contribution is 6.11. The van der Waals surface area contributed by atoms with Gasteiger partial charge in [0.2, 0.25) is 5.90 Å². The molecule has 2 aromatic carbocycles. The van der Waals surface area contributed by atoms with Gasteiger partial charge < -0.3 is 4.74 Å². The van der Waals surface area contributed by atoms with Crippen LogP contribution in [-0.2, 0) is 9.53 Å². The number of aliphatic imine (C=N–C) groups is 1. The Morgan fingerprint density at radius 3 is 2.28 bits per heavy atom. The molecule has 2 aromatic rings. The van der Waals surface area contributed by atoms with Crippen LogP contribution >= 0.6 is 0 Å². The van der Waals surface area contributed by atoms with Gasteiger partial charge in [0.25, 0.3) is 5.69 Å². The summed E-state index contributed by atoms with van der Waals surface area (Å²) < 4.78 is 5.10. The van der Waals surface area contributed by atoms with E-state index in [0.717, 1.165) is 11.1 Å². The lowest BCUT2D eigenvalue weighted by Crippen LogP contribution is -2.01. The normalized spacial score (nSPS) is 15.5. The standard InChI is InChI=1S/C19H14N2O4/c1-13-2-4-14(5-3-13)8-11-18-20-17(19(22)25-18)12-15-6-9-16(10-7-15)21(23)24/h2-12H,1H3/b11-8+,17-12+. The molecule has 0 saturated heterocycles. The van der Waals surface area contributed by atoms with Gasteiger partial charge in [-0.2, -0.15) is 0 Å². The van der Waals surface area contributed by atoms with Crippen LogP contribution in [0.3, 0.4) is 0 Å². The molecule has 124 valence electrons. The minimum Gasteiger partial charge on any atom is -0.403 e. The van der Waals surface area contributed by atoms with E-state index in [0.29, 0.717) is 5.56 Å². The van der Waals surface area contributed by atoms with E-state index in [1.54, 1.807) is 24.3 Å². The van der Waals surface area contributed by atoms with Gasteiger partial charge >= 0.3 is 5.97 Å². The fourth-order valence-electron chi connectivity index (χ4n) is 2.19. The van der Waals surface area contributed by atoms with Crippen molar-refractivity contribution in [1.29, 1.82) is 0 Å². The summed E-state index contributed by atoms with van der Waals surface area (Å²) >= 11 is 0. The molecule has 1 aliphatic heterocycles. The Kier molecular flexibility index (Phi) is 4.52. The van der Waals surface area contributed by atoms with E-state index in [4.69, 9.17) is 4.74 Å². The lowest BCUT2D eigenvalue weighted by atomic mass is 10.1. The van der Waals surface area contributed by atoms with E-state index >= 15 is 0 Å². The fourth-order valence-corrected chi connectivity index (χ4v) is 2.19. The number of rotatable bonds is 4. The number of cyclic esters (lactones) is 1. The highest BCUT2D eigenvalue weighted by Gasteiger charge is 2.21. The molecule has 6 nitrogen and oxygen atoms in total. The van der Waals surface area contributed by atoms with Crippen LogP contribution in [0.4, 0.5) is 5.69 Å². The third-order valence-corrected chi connectivity index (χ3v) is 3.54. The molecule has 25 heavy (non-hydrogen) atoms. The minimum absolute atomic E-state index is 0.0126. The number of carbonyl (C=O) groups excluding carboxylic acids is 1. The van der Waals surface area contributed by atoms with E-state index in [1.807, 2.05) is 31.2 Å². The molecule has 0 aromatic heterocycles. The van der Waals surface area contributed by atoms with Crippen LogP contribution in [0.5, 0.6) is 0 Å². The topological polar surface area (TPSA) is 81.8 Å². The van der Waals surface area contributed by atoms with Gasteiger partial charge in [0, 0.05) is 18.2 Å². The molecule has 6 heteroatoms. The smallest absolute Gasteiger partial charge is 0.363 e. The van der Waals surface area contributed by atoms with Crippen molar-refractivity contribution in [2.24, 2.45) is 4.99 Å². The van der Waals surface area contributed by atoms with Gasteiger partial charge in [0.15, 0.2) is 5.70 Å². The maximum atomic E-state index is 11.9. The van der Waals surface area contributed by atoms with Gasteiger partial charge in [-0.15, -0.1) is 0 Å². The average molecular weight is 334 g/mol. The van der Waals surface area contributed by atoms with Crippen molar-refractivity contribution in [2.45, 2.75) is 6.92 Å². The first-order chi connectivity index (χ1) is 12.0. The number of nitrogens with zero attached hydrogens (tertiary/aromatic N) is 2. The molecule has 1 aliphatic rings. The van der Waals surface area contributed by atoms with Gasteiger partial charge in [0.1, 0.15) is 0 Å². The van der Waals surface area contributed by atoms with Gasteiger partial charge in [-0.25, -0.2) is 9.79 Å². The molecule has 3 rings (SSSR count). The number of esters is 1. The number of nitro benzene ring substituents is 1. The van der Waals surface area contributed by atoms with E-state index in [1.165, 1.54) is 18.2 Å². The van der Waals surface area contributed by atoms with Gasteiger partial charge in [-0.1, -0.05) is 29.8 Å². The number of benzene rings is 2.